The topological polar surface area (TPSA) is 216 Å². The first-order valence-electron chi connectivity index (χ1n) is 29.0. The zero-order chi connectivity index (χ0) is 50.9. The van der Waals surface area contributed by atoms with Gasteiger partial charge in [-0.05, 0) is 181 Å². The highest BCUT2D eigenvalue weighted by atomic mass is 16.5. The minimum Gasteiger partial charge on any atom is -0.504 e. The maximum atomic E-state index is 12.7. The van der Waals surface area contributed by atoms with Gasteiger partial charge in [-0.15, -0.1) is 0 Å². The molecule has 3 aromatic carbocycles. The van der Waals surface area contributed by atoms with Gasteiger partial charge in [0, 0.05) is 60.9 Å². The molecule has 3 saturated heterocycles. The Morgan fingerprint density at radius 1 is 0.474 bits per heavy atom. The third-order valence-electron chi connectivity index (χ3n) is 23.0. The van der Waals surface area contributed by atoms with Crippen molar-refractivity contribution >= 4 is 5.78 Å². The van der Waals surface area contributed by atoms with Crippen LogP contribution < -0.4 is 14.2 Å². The van der Waals surface area contributed by atoms with Gasteiger partial charge in [0.05, 0.1) is 45.3 Å². The predicted octanol–water partition coefficient (Wildman–Crippen LogP) is 4.80. The highest BCUT2D eigenvalue weighted by molar-refractivity contribution is 5.90. The summed E-state index contributed by atoms with van der Waals surface area (Å²) in [5, 5.41) is 88.4. The van der Waals surface area contributed by atoms with Crippen LogP contribution in [0.1, 0.15) is 137 Å². The number of phenolic OH excluding ortho intramolecular Hbond substituents is 3. The number of hydrogen-bond acceptors (Lipinski definition) is 15. The Morgan fingerprint density at radius 3 is 1.22 bits per heavy atom. The van der Waals surface area contributed by atoms with Crippen molar-refractivity contribution in [2.45, 2.75) is 205 Å². The molecule has 0 aromatic heterocycles. The number of piperidine rings is 3. The maximum absolute atomic E-state index is 12.7. The van der Waals surface area contributed by atoms with Crippen molar-refractivity contribution in [3.8, 4) is 34.5 Å². The quantitative estimate of drug-likeness (QED) is 0.167. The average molecular weight is 1040 g/mol. The van der Waals surface area contributed by atoms with Crippen molar-refractivity contribution in [2.75, 3.05) is 39.3 Å². The fraction of sp³-hybridized carbons (Fsp3) is 0.689. The molecule has 3 aromatic rings. The van der Waals surface area contributed by atoms with Crippen molar-refractivity contribution < 1.29 is 59.9 Å². The number of ether oxygens (including phenoxy) is 3. The van der Waals surface area contributed by atoms with E-state index in [1.807, 2.05) is 18.2 Å². The van der Waals surface area contributed by atoms with Crippen LogP contribution in [0.2, 0.25) is 0 Å². The monoisotopic (exact) mass is 1040 g/mol. The molecule has 15 aliphatic rings. The molecule has 76 heavy (non-hydrogen) atoms. The minimum absolute atomic E-state index is 0. The molecule has 408 valence electrons. The summed E-state index contributed by atoms with van der Waals surface area (Å²) in [6, 6.07) is 11.3. The van der Waals surface area contributed by atoms with Crippen LogP contribution in [-0.4, -0.2) is 166 Å². The smallest absolute Gasteiger partial charge is 0.174 e. The summed E-state index contributed by atoms with van der Waals surface area (Å²) in [7, 11) is 0. The van der Waals surface area contributed by atoms with E-state index in [1.54, 1.807) is 18.2 Å². The van der Waals surface area contributed by atoms with Crippen LogP contribution in [-0.2, 0) is 40.3 Å². The standard InChI is InChI=1S/2C20H25NO4.C20H23NO4.CH4/c3*22-13-4-3-12-9-15-20(24)6-5-14(23)18-19(20,16(12)17(13)25-18)7-8-21(15)10-11-1-2-11;/h2*3-4,11,14-15,18,22-24H,1-2,5-10H2;3-4,11,15,18,22,24H,1-2,5-10H2;1H4/t14-,15?,18+,19+,20-;14-,15?,18-,19-,20+;15?,18-,19-,20+;/m011./s1. The highest BCUT2D eigenvalue weighted by Crippen LogP contribution is 2.69. The van der Waals surface area contributed by atoms with Crippen LogP contribution >= 0.6 is 0 Å². The molecule has 3 spiro atoms. The molecule has 3 unspecified atom stereocenters. The number of aliphatic hydroxyl groups is 5. The van der Waals surface area contributed by atoms with E-state index in [2.05, 4.69) is 14.7 Å². The van der Waals surface area contributed by atoms with Gasteiger partial charge in [0.1, 0.15) is 12.2 Å². The highest BCUT2D eigenvalue weighted by Gasteiger charge is 2.76. The summed E-state index contributed by atoms with van der Waals surface area (Å²) in [5.74, 6) is 4.26. The largest absolute Gasteiger partial charge is 0.504 e. The van der Waals surface area contributed by atoms with E-state index in [0.29, 0.717) is 55.8 Å². The molecule has 15 nitrogen and oxygen atoms in total. The number of benzene rings is 3. The molecule has 14 atom stereocenters. The van der Waals surface area contributed by atoms with Gasteiger partial charge < -0.3 is 55.1 Å². The van der Waals surface area contributed by atoms with E-state index in [1.165, 1.54) is 49.7 Å². The number of nitrogens with zero attached hydrogens (tertiary/aromatic N) is 3. The van der Waals surface area contributed by atoms with Gasteiger partial charge in [0.2, 0.25) is 0 Å². The Kier molecular flexibility index (Phi) is 10.4. The molecule has 6 bridgehead atoms. The van der Waals surface area contributed by atoms with Crippen molar-refractivity contribution in [3.05, 3.63) is 69.8 Å². The van der Waals surface area contributed by atoms with Crippen LogP contribution in [0.3, 0.4) is 0 Å². The third kappa shape index (κ3) is 6.10. The summed E-state index contributed by atoms with van der Waals surface area (Å²) < 4.78 is 18.3. The lowest BCUT2D eigenvalue weighted by Gasteiger charge is -2.63. The van der Waals surface area contributed by atoms with Gasteiger partial charge in [-0.2, -0.15) is 0 Å². The Morgan fingerprint density at radius 2 is 0.829 bits per heavy atom. The summed E-state index contributed by atoms with van der Waals surface area (Å²) in [6.45, 7) is 5.98. The van der Waals surface area contributed by atoms with Crippen LogP contribution in [0.5, 0.6) is 34.5 Å². The first-order valence-corrected chi connectivity index (χ1v) is 29.0. The molecule has 9 fully saturated rings. The number of ketones is 1. The lowest BCUT2D eigenvalue weighted by Crippen LogP contribution is -2.77. The summed E-state index contributed by atoms with van der Waals surface area (Å²) in [6.07, 6.45) is 13.0. The lowest BCUT2D eigenvalue weighted by atomic mass is 9.48. The second-order valence-electron chi connectivity index (χ2n) is 26.5. The molecule has 6 saturated carbocycles. The molecule has 8 N–H and O–H groups in total. The Bertz CT molecular complexity index is 2820. The SMILES string of the molecule is C.O=C1CC[C@]2(O)C3Cc4ccc(O)c5c4[C@]2(CCN3CC2CC2)[C@@H]1O5.Oc1ccc2c3c1O[C@@H]1[C@@H](O)CC[C@]4(O)C(C2)N(CC2CC2)CC[C@@]314.Oc1ccc2c3c1O[C@@H]1[C@H](O)CC[C@]4(O)C(C2)N(CC2CC2)CC[C@@]314. The van der Waals surface area contributed by atoms with E-state index in [-0.39, 0.29) is 48.6 Å². The van der Waals surface area contributed by atoms with Gasteiger partial charge in [-0.3, -0.25) is 19.5 Å². The van der Waals surface area contributed by atoms with Crippen LogP contribution in [0, 0.1) is 17.8 Å². The van der Waals surface area contributed by atoms with Crippen LogP contribution in [0.15, 0.2) is 36.4 Å². The van der Waals surface area contributed by atoms with Crippen molar-refractivity contribution in [2.24, 2.45) is 17.8 Å². The molecule has 18 rings (SSSR count). The second kappa shape index (κ2) is 16.2. The molecular formula is C61H77N3O12. The van der Waals surface area contributed by atoms with Gasteiger partial charge >= 0.3 is 0 Å². The van der Waals surface area contributed by atoms with Gasteiger partial charge in [-0.25, -0.2) is 0 Å². The van der Waals surface area contributed by atoms with Gasteiger partial charge in [0.25, 0.3) is 0 Å². The molecule has 0 radical (unpaired) electrons. The number of carbonyl (C=O) groups is 1. The Hall–Kier alpha value is -4.19. The first kappa shape index (κ1) is 48.9. The summed E-state index contributed by atoms with van der Waals surface area (Å²) in [4.78, 5) is 20.2. The normalized spacial score (nSPS) is 42.8. The predicted molar refractivity (Wildman–Crippen MR) is 278 cm³/mol. The second-order valence-corrected chi connectivity index (χ2v) is 26.5. The summed E-state index contributed by atoms with van der Waals surface area (Å²) in [5.41, 5.74) is 1.89. The lowest BCUT2D eigenvalue weighted by molar-refractivity contribution is -0.208. The maximum Gasteiger partial charge on any atom is 0.174 e. The van der Waals surface area contributed by atoms with E-state index < -0.39 is 63.6 Å². The number of aliphatic hydroxyl groups excluding tert-OH is 2. The number of rotatable bonds is 6. The van der Waals surface area contributed by atoms with E-state index in [4.69, 9.17) is 14.2 Å². The van der Waals surface area contributed by atoms with Crippen molar-refractivity contribution in [1.82, 2.24) is 14.7 Å². The minimum atomic E-state index is -0.940. The molecule has 6 aliphatic heterocycles. The van der Waals surface area contributed by atoms with Crippen molar-refractivity contribution in [1.29, 1.82) is 0 Å². The molecule has 0 amide bonds. The van der Waals surface area contributed by atoms with Crippen LogP contribution in [0.4, 0.5) is 0 Å². The van der Waals surface area contributed by atoms with E-state index in [9.17, 15) is 45.6 Å². The number of phenols is 3. The van der Waals surface area contributed by atoms with Gasteiger partial charge in [0.15, 0.2) is 46.4 Å². The zero-order valence-electron chi connectivity index (χ0n) is 42.8. The number of aromatic hydroxyl groups is 3. The van der Waals surface area contributed by atoms with Crippen molar-refractivity contribution in [3.63, 3.8) is 0 Å². The molecule has 15 heteroatoms. The summed E-state index contributed by atoms with van der Waals surface area (Å²) >= 11 is 0. The van der Waals surface area contributed by atoms with E-state index in [0.717, 1.165) is 118 Å². The zero-order valence-corrected chi connectivity index (χ0v) is 42.8. The first-order chi connectivity index (χ1) is 36.1. The molecule has 6 heterocycles. The number of likely N-dealkylation sites (tertiary alicyclic amines) is 3. The number of hydrogen-bond donors (Lipinski definition) is 8. The average Bonchev–Trinajstić information content (AvgIpc) is 4.48. The fourth-order valence-corrected chi connectivity index (χ4v) is 19.2. The number of Topliss-reactive ketones (excluding diaryl/α,β-unsaturated/α-hetero) is 1. The fourth-order valence-electron chi connectivity index (χ4n) is 19.2. The molecular weight excluding hydrogens is 967 g/mol. The van der Waals surface area contributed by atoms with E-state index >= 15 is 0 Å². The molecule has 9 aliphatic carbocycles. The Labute approximate surface area is 444 Å². The third-order valence-corrected chi connectivity index (χ3v) is 23.0. The number of carbonyl (C=O) groups excluding carboxylic acids is 1. The Balaban J connectivity index is 0.0000000993. The van der Waals surface area contributed by atoms with Crippen LogP contribution in [0.25, 0.3) is 0 Å². The van der Waals surface area contributed by atoms with Gasteiger partial charge in [-0.1, -0.05) is 25.6 Å².